The van der Waals surface area contributed by atoms with Gasteiger partial charge in [0, 0.05) is 45.3 Å². The van der Waals surface area contributed by atoms with Crippen LogP contribution in [-0.4, -0.2) is 67.3 Å². The number of nitriles is 3. The normalized spacial score (nSPS) is 13.7. The summed E-state index contributed by atoms with van der Waals surface area (Å²) in [5, 5.41) is 29.1. The Kier molecular flexibility index (Phi) is 18.5. The van der Waals surface area contributed by atoms with Crippen LogP contribution in [0.2, 0.25) is 0 Å². The van der Waals surface area contributed by atoms with E-state index in [0.717, 1.165) is 35.6 Å². The molecule has 1 atom stereocenters. The van der Waals surface area contributed by atoms with E-state index in [1.807, 2.05) is 11.8 Å². The third kappa shape index (κ3) is 14.2. The van der Waals surface area contributed by atoms with Crippen molar-refractivity contribution in [2.75, 3.05) is 24.6 Å². The van der Waals surface area contributed by atoms with Crippen molar-refractivity contribution in [1.29, 1.82) is 15.8 Å². The van der Waals surface area contributed by atoms with Crippen molar-refractivity contribution >= 4 is 71.1 Å². The summed E-state index contributed by atoms with van der Waals surface area (Å²) in [6.45, 7) is 2.59. The van der Waals surface area contributed by atoms with Crippen LogP contribution in [0.3, 0.4) is 0 Å². The number of hydrogen-bond donors (Lipinski definition) is 0. The van der Waals surface area contributed by atoms with Crippen LogP contribution in [0.1, 0.15) is 97.7 Å². The van der Waals surface area contributed by atoms with Gasteiger partial charge in [0.25, 0.3) is 0 Å². The minimum Gasteiger partial charge on any atom is -0.470 e. The number of esters is 6. The topological polar surface area (TPSA) is 294 Å². The van der Waals surface area contributed by atoms with E-state index in [2.05, 4.69) is 0 Å². The summed E-state index contributed by atoms with van der Waals surface area (Å²) >= 11 is 1.04. The van der Waals surface area contributed by atoms with E-state index >= 15 is 0 Å². The van der Waals surface area contributed by atoms with Gasteiger partial charge in [0.15, 0.2) is 11.3 Å². The van der Waals surface area contributed by atoms with Crippen LogP contribution in [-0.2, 0) is 20.8 Å². The summed E-state index contributed by atoms with van der Waals surface area (Å²) in [5.41, 5.74) is -4.07. The first kappa shape index (κ1) is 60.7. The highest BCUT2D eigenvalue weighted by molar-refractivity contribution is 7.14. The summed E-state index contributed by atoms with van der Waals surface area (Å²) < 4.78 is 103. The van der Waals surface area contributed by atoms with Gasteiger partial charge in [-0.1, -0.05) is 24.3 Å². The molecule has 25 heteroatoms. The van der Waals surface area contributed by atoms with Gasteiger partial charge in [-0.3, -0.25) is 0 Å². The quantitative estimate of drug-likeness (QED) is 0.0367. The number of furan rings is 4. The zero-order valence-electron chi connectivity index (χ0n) is 45.7. The highest BCUT2D eigenvalue weighted by Gasteiger charge is 2.60. The van der Waals surface area contributed by atoms with Gasteiger partial charge in [0.2, 0.25) is 28.6 Å². The number of carbonyl (C=O) groups excluding carboxylic acids is 6. The third-order valence-corrected chi connectivity index (χ3v) is 13.8. The largest absolute Gasteiger partial charge is 0.470 e. The van der Waals surface area contributed by atoms with Crippen molar-refractivity contribution in [3.05, 3.63) is 224 Å². The van der Waals surface area contributed by atoms with E-state index in [0.29, 0.717) is 35.2 Å². The molecular weight excluding hydrogens is 1170 g/mol. The molecule has 0 N–H and O–H groups in total. The van der Waals surface area contributed by atoms with Crippen molar-refractivity contribution in [3.63, 3.8) is 0 Å². The molecule has 0 fully saturated rings. The molecule has 442 valence electrons. The molecule has 1 unspecified atom stereocenters. The molecular formula is C63H41F3N4O17S. The van der Waals surface area contributed by atoms with Crippen LogP contribution in [0.4, 0.5) is 18.9 Å². The number of anilines is 1. The second-order valence-corrected chi connectivity index (χ2v) is 19.5. The molecule has 8 aromatic rings. The number of hydrogen-bond acceptors (Lipinski definition) is 22. The second-order valence-electron chi connectivity index (χ2n) is 18.4. The van der Waals surface area contributed by atoms with Gasteiger partial charge in [-0.25, -0.2) is 28.8 Å². The molecule has 1 aliphatic rings. The molecule has 0 saturated heterocycles. The van der Waals surface area contributed by atoms with Crippen LogP contribution in [0.25, 0.3) is 18.2 Å². The zero-order chi connectivity index (χ0) is 62.5. The van der Waals surface area contributed by atoms with Gasteiger partial charge in [-0.15, -0.1) is 11.3 Å². The number of carbonyl (C=O) groups is 6. The van der Waals surface area contributed by atoms with E-state index < -0.39 is 76.7 Å². The number of alkyl halides is 3. The van der Waals surface area contributed by atoms with E-state index in [9.17, 15) is 57.7 Å². The molecule has 0 amide bonds. The second kappa shape index (κ2) is 26.8. The van der Waals surface area contributed by atoms with Gasteiger partial charge in [-0.05, 0) is 123 Å². The number of allylic oxidation sites excluding steroid dienone is 2. The van der Waals surface area contributed by atoms with E-state index in [1.54, 1.807) is 42.5 Å². The molecule has 0 spiro atoms. The smallest absolute Gasteiger partial charge is 0.432 e. The van der Waals surface area contributed by atoms with Gasteiger partial charge in [0.1, 0.15) is 60.0 Å². The first-order chi connectivity index (χ1) is 42.4. The molecule has 88 heavy (non-hydrogen) atoms. The minimum absolute atomic E-state index is 0.116. The Morgan fingerprint density at radius 1 is 0.602 bits per heavy atom. The fourth-order valence-corrected chi connectivity index (χ4v) is 9.30. The number of rotatable bonds is 21. The lowest BCUT2D eigenvalue weighted by Gasteiger charge is -2.28. The first-order valence-electron chi connectivity index (χ1n) is 25.8. The van der Waals surface area contributed by atoms with E-state index in [4.69, 9.17) is 50.8 Å². The summed E-state index contributed by atoms with van der Waals surface area (Å²) in [4.78, 5) is 81.2. The van der Waals surface area contributed by atoms with Crippen LogP contribution >= 0.6 is 11.3 Å². The fourth-order valence-electron chi connectivity index (χ4n) is 8.32. The Morgan fingerprint density at radius 2 is 1.07 bits per heavy atom. The maximum absolute atomic E-state index is 14.8. The molecule has 9 rings (SSSR count). The molecule has 1 aliphatic heterocycles. The van der Waals surface area contributed by atoms with E-state index in [1.165, 1.54) is 116 Å². The Labute approximate surface area is 499 Å². The maximum atomic E-state index is 14.8. The van der Waals surface area contributed by atoms with Crippen molar-refractivity contribution in [2.45, 2.75) is 32.2 Å². The monoisotopic (exact) mass is 1210 g/mol. The van der Waals surface area contributed by atoms with Crippen molar-refractivity contribution in [2.24, 2.45) is 0 Å². The highest BCUT2D eigenvalue weighted by atomic mass is 32.1. The highest BCUT2D eigenvalue weighted by Crippen LogP contribution is 2.50. The summed E-state index contributed by atoms with van der Waals surface area (Å²) in [5.74, 6) is -7.80. The number of likely N-dealkylation sites (N-methyl/N-ethyl adjacent to an activating group) is 1. The lowest BCUT2D eigenvalue weighted by molar-refractivity contribution is -0.236. The molecule has 3 aromatic carbocycles. The first-order valence-corrected chi connectivity index (χ1v) is 26.6. The molecule has 0 bridgehead atoms. The van der Waals surface area contributed by atoms with Gasteiger partial charge < -0.3 is 55.7 Å². The van der Waals surface area contributed by atoms with Crippen molar-refractivity contribution in [3.8, 4) is 41.2 Å². The Hall–Kier alpha value is -11.9. The Balaban J connectivity index is 0.946. The summed E-state index contributed by atoms with van der Waals surface area (Å²) in [6, 6.07) is 31.6. The Bertz CT molecular complexity index is 4050. The third-order valence-electron chi connectivity index (χ3n) is 12.7. The van der Waals surface area contributed by atoms with Gasteiger partial charge >= 0.3 is 42.0 Å². The van der Waals surface area contributed by atoms with Crippen LogP contribution in [0, 0.1) is 34.0 Å². The number of thiophene rings is 1. The standard InChI is InChI=1S/C63H41F3N4O17S/c1-3-70(20-25-81-56(71)38-26-43(83-58(73)50-8-4-21-77-50)31-44(27-38)84-59(74)51-9-5-22-78-51)42-15-12-37(13-16-42)14-19-54-40(30-47(88-54)17-18-49-48(35-69)55(41(33-67)34-68)87-62(49,2)63(64,65)66)36-82-57(72)39-28-45(85-60(75)52-10-6-23-79-52)32-46(29-39)86-61(76)53-11-7-24-80-53/h4-19,21-24,26-32H,3,20,25,36H2,1-2H3/b18-17+,19-14+. The molecule has 6 heterocycles. The molecule has 0 saturated carbocycles. The van der Waals surface area contributed by atoms with Gasteiger partial charge in [-0.2, -0.15) is 29.0 Å². The molecule has 0 radical (unpaired) electrons. The summed E-state index contributed by atoms with van der Waals surface area (Å²) in [6.07, 6.45) is 5.48. The van der Waals surface area contributed by atoms with Crippen LogP contribution in [0.5, 0.6) is 23.0 Å². The Morgan fingerprint density at radius 3 is 1.48 bits per heavy atom. The number of nitrogens with zero attached hydrogens (tertiary/aromatic N) is 4. The lowest BCUT2D eigenvalue weighted by Crippen LogP contribution is -2.43. The lowest BCUT2D eigenvalue weighted by atomic mass is 9.92. The van der Waals surface area contributed by atoms with Crippen molar-refractivity contribution in [1.82, 2.24) is 0 Å². The average molecular weight is 1220 g/mol. The SMILES string of the molecule is CCN(CCOC(=O)c1cc(OC(=O)c2ccco2)cc(OC(=O)c2ccco2)c1)c1ccc(/C=C/c2sc(/C=C/C3=C(C#N)C(=C(C#N)C#N)OC3(C)C(F)(F)F)cc2COC(=O)c2cc(OC(=O)c3ccco3)cc(OC(=O)c3ccco3)c2)cc1. The molecule has 0 aliphatic carbocycles. The number of halogens is 3. The minimum atomic E-state index is -5.14. The van der Waals surface area contributed by atoms with Crippen molar-refractivity contribution < 1.29 is 92.8 Å². The summed E-state index contributed by atoms with van der Waals surface area (Å²) in [7, 11) is 0. The number of benzene rings is 3. The average Bonchev–Trinajstić information content (AvgIpc) is 1.80. The van der Waals surface area contributed by atoms with E-state index in [-0.39, 0.29) is 75.2 Å². The zero-order valence-corrected chi connectivity index (χ0v) is 46.5. The molecule has 21 nitrogen and oxygen atoms in total. The number of ether oxygens (including phenoxy) is 7. The van der Waals surface area contributed by atoms with Crippen LogP contribution in [0.15, 0.2) is 187 Å². The fraction of sp³-hybridized carbons (Fsp3) is 0.127. The molecule has 5 aromatic heterocycles. The predicted octanol–water partition coefficient (Wildman–Crippen LogP) is 12.7. The van der Waals surface area contributed by atoms with Crippen LogP contribution < -0.4 is 23.8 Å². The maximum Gasteiger partial charge on any atom is 0.432 e. The van der Waals surface area contributed by atoms with Gasteiger partial charge in [0.05, 0.1) is 42.7 Å². The predicted molar refractivity (Wildman–Crippen MR) is 300 cm³/mol.